The number of rotatable bonds is 5. The molecule has 1 N–H and O–H groups in total. The van der Waals surface area contributed by atoms with Gasteiger partial charge >= 0.3 is 0 Å². The minimum absolute atomic E-state index is 0.0265. The molecule has 4 nitrogen and oxygen atoms in total. The van der Waals surface area contributed by atoms with E-state index in [9.17, 15) is 4.79 Å². The molecule has 1 heterocycles. The van der Waals surface area contributed by atoms with Crippen molar-refractivity contribution in [3.63, 3.8) is 0 Å². The molecule has 0 atom stereocenters. The summed E-state index contributed by atoms with van der Waals surface area (Å²) in [7, 11) is 3.63. The number of ether oxygens (including phenoxy) is 1. The van der Waals surface area contributed by atoms with Gasteiger partial charge in [0.25, 0.3) is 5.56 Å². The maximum Gasteiger partial charge on any atom is 0.255 e. The summed E-state index contributed by atoms with van der Waals surface area (Å²) in [6, 6.07) is 11.6. The number of hydrogen-bond acceptors (Lipinski definition) is 3. The summed E-state index contributed by atoms with van der Waals surface area (Å²) in [4.78, 5) is 12.3. The van der Waals surface area contributed by atoms with Gasteiger partial charge in [-0.1, -0.05) is 18.2 Å². The first-order valence-electron chi connectivity index (χ1n) is 6.74. The maximum absolute atomic E-state index is 12.3. The molecule has 2 aromatic rings. The molecule has 0 saturated heterocycles. The van der Waals surface area contributed by atoms with E-state index in [4.69, 9.17) is 4.74 Å². The maximum atomic E-state index is 12.3. The highest BCUT2D eigenvalue weighted by molar-refractivity contribution is 5.61. The van der Waals surface area contributed by atoms with Crippen molar-refractivity contribution < 1.29 is 4.74 Å². The van der Waals surface area contributed by atoms with Crippen LogP contribution < -0.4 is 15.6 Å². The van der Waals surface area contributed by atoms with Crippen LogP contribution in [-0.4, -0.2) is 18.2 Å². The van der Waals surface area contributed by atoms with E-state index in [1.807, 2.05) is 50.4 Å². The van der Waals surface area contributed by atoms with Crippen LogP contribution in [0.1, 0.15) is 12.5 Å². The largest absolute Gasteiger partial charge is 0.494 e. The second-order valence-corrected chi connectivity index (χ2v) is 4.60. The minimum atomic E-state index is 0.0265. The Labute approximate surface area is 119 Å². The molecule has 20 heavy (non-hydrogen) atoms. The lowest BCUT2D eigenvalue weighted by atomic mass is 10.1. The quantitative estimate of drug-likeness (QED) is 0.907. The highest BCUT2D eigenvalue weighted by Crippen LogP contribution is 2.22. The lowest BCUT2D eigenvalue weighted by Gasteiger charge is -2.12. The van der Waals surface area contributed by atoms with Gasteiger partial charge in [-0.2, -0.15) is 0 Å². The molecule has 0 radical (unpaired) electrons. The second-order valence-electron chi connectivity index (χ2n) is 4.60. The normalized spacial score (nSPS) is 10.6. The van der Waals surface area contributed by atoms with Gasteiger partial charge in [-0.25, -0.2) is 0 Å². The predicted molar refractivity (Wildman–Crippen MR) is 81.1 cm³/mol. The Morgan fingerprint density at radius 3 is 2.75 bits per heavy atom. The van der Waals surface area contributed by atoms with Crippen LogP contribution in [0.2, 0.25) is 0 Å². The van der Waals surface area contributed by atoms with Crippen molar-refractivity contribution in [2.24, 2.45) is 7.05 Å². The van der Waals surface area contributed by atoms with Crippen molar-refractivity contribution in [3.05, 3.63) is 52.3 Å². The smallest absolute Gasteiger partial charge is 0.255 e. The molecular weight excluding hydrogens is 252 g/mol. The summed E-state index contributed by atoms with van der Waals surface area (Å²) in [5.74, 6) is 0.816. The summed E-state index contributed by atoms with van der Waals surface area (Å²) >= 11 is 0. The third kappa shape index (κ3) is 2.91. The van der Waals surface area contributed by atoms with E-state index in [-0.39, 0.29) is 5.56 Å². The number of hydrogen-bond donors (Lipinski definition) is 1. The molecule has 4 heteroatoms. The van der Waals surface area contributed by atoms with Gasteiger partial charge in [0.15, 0.2) is 0 Å². The number of nitrogens with zero attached hydrogens (tertiary/aromatic N) is 1. The lowest BCUT2D eigenvalue weighted by Crippen LogP contribution is -2.25. The molecule has 0 aliphatic heterocycles. The van der Waals surface area contributed by atoms with Gasteiger partial charge in [-0.05, 0) is 32.2 Å². The first-order valence-corrected chi connectivity index (χ1v) is 6.74. The molecule has 0 fully saturated rings. The first-order chi connectivity index (χ1) is 9.67. The van der Waals surface area contributed by atoms with Gasteiger partial charge in [0, 0.05) is 24.7 Å². The third-order valence-corrected chi connectivity index (χ3v) is 3.19. The van der Waals surface area contributed by atoms with Crippen LogP contribution in [0.4, 0.5) is 0 Å². The Morgan fingerprint density at radius 1 is 1.25 bits per heavy atom. The van der Waals surface area contributed by atoms with Crippen LogP contribution in [0.3, 0.4) is 0 Å². The number of aromatic nitrogens is 1. The summed E-state index contributed by atoms with van der Waals surface area (Å²) in [5.41, 5.74) is 2.65. The fraction of sp³-hybridized carbons (Fsp3) is 0.312. The van der Waals surface area contributed by atoms with E-state index < -0.39 is 0 Å². The second kappa shape index (κ2) is 6.39. The van der Waals surface area contributed by atoms with Crippen LogP contribution in [0.15, 0.2) is 41.2 Å². The van der Waals surface area contributed by atoms with Gasteiger partial charge in [0.2, 0.25) is 0 Å². The molecule has 0 aliphatic rings. The Kier molecular flexibility index (Phi) is 4.58. The fourth-order valence-electron chi connectivity index (χ4n) is 2.21. The number of pyridine rings is 1. The van der Waals surface area contributed by atoms with Crippen LogP contribution in [0, 0.1) is 0 Å². The number of nitrogens with one attached hydrogen (secondary N) is 1. The van der Waals surface area contributed by atoms with E-state index in [0.717, 1.165) is 22.6 Å². The summed E-state index contributed by atoms with van der Waals surface area (Å²) < 4.78 is 7.18. The first kappa shape index (κ1) is 14.3. The average molecular weight is 272 g/mol. The van der Waals surface area contributed by atoms with Gasteiger partial charge in [-0.15, -0.1) is 0 Å². The molecule has 0 bridgehead atoms. The molecule has 106 valence electrons. The van der Waals surface area contributed by atoms with Crippen molar-refractivity contribution in [2.75, 3.05) is 13.7 Å². The zero-order valence-electron chi connectivity index (χ0n) is 12.1. The predicted octanol–water partition coefficient (Wildman–Crippen LogP) is 2.17. The molecule has 0 aliphatic carbocycles. The molecule has 0 spiro atoms. The van der Waals surface area contributed by atoms with Crippen LogP contribution >= 0.6 is 0 Å². The van der Waals surface area contributed by atoms with Gasteiger partial charge < -0.3 is 14.6 Å². The topological polar surface area (TPSA) is 43.3 Å². The van der Waals surface area contributed by atoms with Gasteiger partial charge in [0.05, 0.1) is 12.3 Å². The molecule has 1 aromatic heterocycles. The lowest BCUT2D eigenvalue weighted by molar-refractivity contribution is 0.340. The van der Waals surface area contributed by atoms with Crippen molar-refractivity contribution in [2.45, 2.75) is 13.5 Å². The molecule has 2 rings (SSSR count). The highest BCUT2D eigenvalue weighted by Gasteiger charge is 2.08. The number of benzene rings is 1. The van der Waals surface area contributed by atoms with Crippen molar-refractivity contribution in [1.82, 2.24) is 9.88 Å². The summed E-state index contributed by atoms with van der Waals surface area (Å²) in [5, 5.41) is 3.00. The molecular formula is C16H20N2O2. The van der Waals surface area contributed by atoms with E-state index in [2.05, 4.69) is 5.32 Å². The standard InChI is InChI=1S/C16H20N2O2/c1-4-20-14-7-5-6-12(10-14)15-9-8-13(11-17-2)16(19)18(15)3/h5-10,17H,4,11H2,1-3H3. The van der Waals surface area contributed by atoms with Gasteiger partial charge in [0.1, 0.15) is 5.75 Å². The molecule has 0 unspecified atom stereocenters. The monoisotopic (exact) mass is 272 g/mol. The van der Waals surface area contributed by atoms with E-state index in [0.29, 0.717) is 13.2 Å². The average Bonchev–Trinajstić information content (AvgIpc) is 2.45. The van der Waals surface area contributed by atoms with Crippen molar-refractivity contribution in [1.29, 1.82) is 0 Å². The Morgan fingerprint density at radius 2 is 2.05 bits per heavy atom. The van der Waals surface area contributed by atoms with E-state index in [1.54, 1.807) is 11.6 Å². The van der Waals surface area contributed by atoms with Crippen molar-refractivity contribution >= 4 is 0 Å². The molecule has 0 amide bonds. The Bertz CT molecular complexity index is 647. The van der Waals surface area contributed by atoms with Gasteiger partial charge in [-0.3, -0.25) is 4.79 Å². The van der Waals surface area contributed by atoms with Crippen LogP contribution in [-0.2, 0) is 13.6 Å². The van der Waals surface area contributed by atoms with Crippen molar-refractivity contribution in [3.8, 4) is 17.0 Å². The van der Waals surface area contributed by atoms with E-state index in [1.165, 1.54) is 0 Å². The van der Waals surface area contributed by atoms with Crippen LogP contribution in [0.25, 0.3) is 11.3 Å². The Hall–Kier alpha value is -2.07. The molecule has 0 saturated carbocycles. The Balaban J connectivity index is 2.45. The summed E-state index contributed by atoms with van der Waals surface area (Å²) in [6.07, 6.45) is 0. The minimum Gasteiger partial charge on any atom is -0.494 e. The zero-order valence-corrected chi connectivity index (χ0v) is 12.1. The van der Waals surface area contributed by atoms with E-state index >= 15 is 0 Å². The summed E-state index contributed by atoms with van der Waals surface area (Å²) in [6.45, 7) is 3.16. The SMILES string of the molecule is CCOc1cccc(-c2ccc(CNC)c(=O)n2C)c1. The zero-order chi connectivity index (χ0) is 14.5. The highest BCUT2D eigenvalue weighted by atomic mass is 16.5. The third-order valence-electron chi connectivity index (χ3n) is 3.19. The van der Waals surface area contributed by atoms with Crippen LogP contribution in [0.5, 0.6) is 5.75 Å². The molecule has 1 aromatic carbocycles. The fourth-order valence-corrected chi connectivity index (χ4v) is 2.21.